The maximum absolute atomic E-state index is 11.8. The molecule has 2 aromatic rings. The second kappa shape index (κ2) is 4.36. The number of hydrogen-bond donors (Lipinski definition) is 3. The molecule has 0 aliphatic heterocycles. The first kappa shape index (κ1) is 10.7. The van der Waals surface area contributed by atoms with Gasteiger partial charge in [0.05, 0.1) is 5.56 Å². The Morgan fingerprint density at radius 3 is 2.94 bits per heavy atom. The smallest absolute Gasteiger partial charge is 0.260 e. The van der Waals surface area contributed by atoms with Gasteiger partial charge >= 0.3 is 0 Å². The average molecular weight is 281 g/mol. The van der Waals surface area contributed by atoms with E-state index in [1.165, 1.54) is 0 Å². The summed E-state index contributed by atoms with van der Waals surface area (Å²) in [6.45, 7) is 0. The highest BCUT2D eigenvalue weighted by Crippen LogP contribution is 2.19. The number of carbonyl (C=O) groups excluding carboxylic acids is 1. The number of hydrogen-bond acceptors (Lipinski definition) is 3. The SMILES string of the molecule is Nc1cc(Br)ccc1C(=O)Nc1ncc[nH]1. The van der Waals surface area contributed by atoms with Gasteiger partial charge in [0.1, 0.15) is 0 Å². The molecule has 5 nitrogen and oxygen atoms in total. The highest BCUT2D eigenvalue weighted by atomic mass is 79.9. The molecule has 6 heteroatoms. The molecule has 1 heterocycles. The molecule has 0 aliphatic carbocycles. The van der Waals surface area contributed by atoms with Crippen molar-refractivity contribution in [1.82, 2.24) is 9.97 Å². The van der Waals surface area contributed by atoms with E-state index in [0.29, 0.717) is 17.2 Å². The van der Waals surface area contributed by atoms with Crippen molar-refractivity contribution in [2.24, 2.45) is 0 Å². The third-order valence-corrected chi connectivity index (χ3v) is 2.48. The number of nitrogens with one attached hydrogen (secondary N) is 2. The molecule has 16 heavy (non-hydrogen) atoms. The lowest BCUT2D eigenvalue weighted by Crippen LogP contribution is -2.14. The van der Waals surface area contributed by atoms with Crippen LogP contribution < -0.4 is 11.1 Å². The van der Waals surface area contributed by atoms with Crippen molar-refractivity contribution < 1.29 is 4.79 Å². The quantitative estimate of drug-likeness (QED) is 0.736. The summed E-state index contributed by atoms with van der Waals surface area (Å²) in [5.41, 5.74) is 6.56. The topological polar surface area (TPSA) is 83.8 Å². The van der Waals surface area contributed by atoms with Crippen LogP contribution >= 0.6 is 15.9 Å². The lowest BCUT2D eigenvalue weighted by Gasteiger charge is -2.05. The Hall–Kier alpha value is -1.82. The third-order valence-electron chi connectivity index (χ3n) is 1.99. The van der Waals surface area contributed by atoms with Gasteiger partial charge in [-0.2, -0.15) is 0 Å². The minimum atomic E-state index is -0.292. The number of H-pyrrole nitrogens is 1. The summed E-state index contributed by atoms with van der Waals surface area (Å²) >= 11 is 3.28. The Labute approximate surface area is 100 Å². The fourth-order valence-corrected chi connectivity index (χ4v) is 1.63. The van der Waals surface area contributed by atoms with Crippen LogP contribution in [-0.4, -0.2) is 15.9 Å². The summed E-state index contributed by atoms with van der Waals surface area (Å²) in [5, 5.41) is 2.60. The summed E-state index contributed by atoms with van der Waals surface area (Å²) in [4.78, 5) is 18.4. The Kier molecular flexibility index (Phi) is 2.91. The molecule has 4 N–H and O–H groups in total. The molecule has 0 saturated carbocycles. The fraction of sp³-hybridized carbons (Fsp3) is 0. The molecule has 2 rings (SSSR count). The number of aromatic amines is 1. The van der Waals surface area contributed by atoms with Crippen LogP contribution in [0.2, 0.25) is 0 Å². The second-order valence-corrected chi connectivity index (χ2v) is 4.04. The lowest BCUT2D eigenvalue weighted by atomic mass is 10.2. The molecule has 0 radical (unpaired) electrons. The van der Waals surface area contributed by atoms with E-state index in [2.05, 4.69) is 31.2 Å². The van der Waals surface area contributed by atoms with Gasteiger partial charge in [-0.3, -0.25) is 10.1 Å². The van der Waals surface area contributed by atoms with Crippen LogP contribution in [0.25, 0.3) is 0 Å². The van der Waals surface area contributed by atoms with Crippen LogP contribution in [0.15, 0.2) is 35.1 Å². The Morgan fingerprint density at radius 1 is 1.50 bits per heavy atom. The largest absolute Gasteiger partial charge is 0.398 e. The summed E-state index contributed by atoms with van der Waals surface area (Å²) < 4.78 is 0.833. The van der Waals surface area contributed by atoms with E-state index < -0.39 is 0 Å². The molecule has 0 aliphatic rings. The molecule has 0 fully saturated rings. The van der Waals surface area contributed by atoms with E-state index >= 15 is 0 Å². The number of nitrogens with two attached hydrogens (primary N) is 1. The monoisotopic (exact) mass is 280 g/mol. The fourth-order valence-electron chi connectivity index (χ4n) is 1.25. The van der Waals surface area contributed by atoms with E-state index in [9.17, 15) is 4.79 Å². The number of aromatic nitrogens is 2. The van der Waals surface area contributed by atoms with Gasteiger partial charge in [0.2, 0.25) is 5.95 Å². The predicted octanol–water partition coefficient (Wildman–Crippen LogP) is 2.01. The Bertz CT molecular complexity index is 510. The average Bonchev–Trinajstić information content (AvgIpc) is 2.70. The van der Waals surface area contributed by atoms with Crippen LogP contribution in [0.1, 0.15) is 10.4 Å². The van der Waals surface area contributed by atoms with Gasteiger partial charge in [0.15, 0.2) is 0 Å². The van der Waals surface area contributed by atoms with E-state index in [1.807, 2.05) is 0 Å². The van der Waals surface area contributed by atoms with Gasteiger partial charge in [-0.15, -0.1) is 0 Å². The van der Waals surface area contributed by atoms with Gasteiger partial charge in [0, 0.05) is 22.6 Å². The van der Waals surface area contributed by atoms with Crippen molar-refractivity contribution in [3.8, 4) is 0 Å². The molecule has 0 saturated heterocycles. The normalized spacial score (nSPS) is 10.1. The molecule has 0 unspecified atom stereocenters. The number of nitrogens with zero attached hydrogens (tertiary/aromatic N) is 1. The number of imidazole rings is 1. The molecule has 0 atom stereocenters. The van der Waals surface area contributed by atoms with E-state index in [1.54, 1.807) is 30.6 Å². The number of nitrogen functional groups attached to an aromatic ring is 1. The van der Waals surface area contributed by atoms with Crippen molar-refractivity contribution in [1.29, 1.82) is 0 Å². The molecular weight excluding hydrogens is 272 g/mol. The Balaban J connectivity index is 2.21. The molecule has 1 aromatic carbocycles. The van der Waals surface area contributed by atoms with Crippen molar-refractivity contribution in [2.75, 3.05) is 11.1 Å². The van der Waals surface area contributed by atoms with Gasteiger partial charge < -0.3 is 10.7 Å². The zero-order chi connectivity index (χ0) is 11.5. The molecule has 1 amide bonds. The highest BCUT2D eigenvalue weighted by Gasteiger charge is 2.10. The number of amides is 1. The van der Waals surface area contributed by atoms with Gasteiger partial charge in [-0.1, -0.05) is 15.9 Å². The van der Waals surface area contributed by atoms with Crippen LogP contribution in [0.3, 0.4) is 0 Å². The highest BCUT2D eigenvalue weighted by molar-refractivity contribution is 9.10. The van der Waals surface area contributed by atoms with Crippen molar-refractivity contribution in [3.05, 3.63) is 40.6 Å². The van der Waals surface area contributed by atoms with Gasteiger partial charge in [-0.25, -0.2) is 4.98 Å². The molecular formula is C10H9BrN4O. The lowest BCUT2D eigenvalue weighted by molar-refractivity contribution is 0.102. The number of carbonyl (C=O) groups is 1. The first-order valence-electron chi connectivity index (χ1n) is 4.52. The van der Waals surface area contributed by atoms with Crippen LogP contribution in [0.5, 0.6) is 0 Å². The summed E-state index contributed by atoms with van der Waals surface area (Å²) in [6.07, 6.45) is 3.18. The second-order valence-electron chi connectivity index (χ2n) is 3.12. The van der Waals surface area contributed by atoms with Crippen LogP contribution in [0.4, 0.5) is 11.6 Å². The van der Waals surface area contributed by atoms with Gasteiger partial charge in [-0.05, 0) is 18.2 Å². The van der Waals surface area contributed by atoms with Crippen LogP contribution in [-0.2, 0) is 0 Å². The molecule has 82 valence electrons. The summed E-state index contributed by atoms with van der Waals surface area (Å²) in [6, 6.07) is 5.09. The first-order chi connectivity index (χ1) is 7.66. The predicted molar refractivity (Wildman–Crippen MR) is 65.1 cm³/mol. The van der Waals surface area contributed by atoms with Gasteiger partial charge in [0.25, 0.3) is 5.91 Å². The molecule has 1 aromatic heterocycles. The third kappa shape index (κ3) is 2.22. The van der Waals surface area contributed by atoms with Crippen molar-refractivity contribution >= 4 is 33.5 Å². The molecule has 0 bridgehead atoms. The maximum Gasteiger partial charge on any atom is 0.260 e. The number of anilines is 2. The van der Waals surface area contributed by atoms with E-state index in [0.717, 1.165) is 4.47 Å². The summed E-state index contributed by atoms with van der Waals surface area (Å²) in [5.74, 6) is 0.104. The Morgan fingerprint density at radius 2 is 2.31 bits per heavy atom. The van der Waals surface area contributed by atoms with E-state index in [-0.39, 0.29) is 5.91 Å². The number of halogens is 1. The number of benzene rings is 1. The molecule has 0 spiro atoms. The zero-order valence-corrected chi connectivity index (χ0v) is 9.78. The minimum Gasteiger partial charge on any atom is -0.398 e. The van der Waals surface area contributed by atoms with Crippen molar-refractivity contribution in [2.45, 2.75) is 0 Å². The maximum atomic E-state index is 11.8. The van der Waals surface area contributed by atoms with Crippen LogP contribution in [0, 0.1) is 0 Å². The minimum absolute atomic E-state index is 0.292. The zero-order valence-electron chi connectivity index (χ0n) is 8.20. The summed E-state index contributed by atoms with van der Waals surface area (Å²) in [7, 11) is 0. The number of rotatable bonds is 2. The first-order valence-corrected chi connectivity index (χ1v) is 5.32. The van der Waals surface area contributed by atoms with Crippen molar-refractivity contribution in [3.63, 3.8) is 0 Å². The standard InChI is InChI=1S/C10H9BrN4O/c11-6-1-2-7(8(12)5-6)9(16)15-10-13-3-4-14-10/h1-5H,12H2,(H2,13,14,15,16). The van der Waals surface area contributed by atoms with E-state index in [4.69, 9.17) is 5.73 Å².